The summed E-state index contributed by atoms with van der Waals surface area (Å²) in [6.45, 7) is 1.87. The lowest BCUT2D eigenvalue weighted by molar-refractivity contribution is 1.01. The van der Waals surface area contributed by atoms with Crippen LogP contribution in [0.3, 0.4) is 0 Å². The number of aliphatic imine (C=N–C) groups is 1. The van der Waals surface area contributed by atoms with Gasteiger partial charge in [-0.05, 0) is 6.92 Å². The minimum atomic E-state index is 0.304. The molecule has 74 valence electrons. The van der Waals surface area contributed by atoms with Crippen molar-refractivity contribution in [3.05, 3.63) is 5.69 Å². The smallest absolute Gasteiger partial charge is 0.221 e. The molecule has 0 saturated heterocycles. The van der Waals surface area contributed by atoms with Crippen LogP contribution in [0.4, 0.5) is 11.6 Å². The van der Waals surface area contributed by atoms with Gasteiger partial charge >= 0.3 is 0 Å². The SMILES string of the molecule is Cc1nc(N)nc2c1N=C(CCl)CS2. The Morgan fingerprint density at radius 2 is 2.29 bits per heavy atom. The van der Waals surface area contributed by atoms with Crippen LogP contribution in [0.2, 0.25) is 0 Å². The van der Waals surface area contributed by atoms with Crippen LogP contribution in [-0.2, 0) is 0 Å². The molecule has 0 atom stereocenters. The Hall–Kier alpha value is -0.810. The van der Waals surface area contributed by atoms with Crippen molar-refractivity contribution in [2.45, 2.75) is 11.9 Å². The van der Waals surface area contributed by atoms with Crippen LogP contribution >= 0.6 is 23.4 Å². The molecular weight excluding hydrogens is 220 g/mol. The molecule has 0 amide bonds. The number of aromatic nitrogens is 2. The van der Waals surface area contributed by atoms with Gasteiger partial charge in [0.15, 0.2) is 0 Å². The molecule has 2 rings (SSSR count). The predicted molar refractivity (Wildman–Crippen MR) is 59.7 cm³/mol. The van der Waals surface area contributed by atoms with E-state index in [1.807, 2.05) is 6.92 Å². The first kappa shape index (κ1) is 9.73. The zero-order valence-corrected chi connectivity index (χ0v) is 9.19. The fourth-order valence-corrected chi connectivity index (χ4v) is 2.43. The number of nitrogens with zero attached hydrogens (tertiary/aromatic N) is 3. The van der Waals surface area contributed by atoms with Crippen LogP contribution in [-0.4, -0.2) is 27.3 Å². The summed E-state index contributed by atoms with van der Waals surface area (Å²) < 4.78 is 0. The van der Waals surface area contributed by atoms with Gasteiger partial charge in [0, 0.05) is 11.5 Å². The molecule has 1 aliphatic rings. The molecule has 0 spiro atoms. The summed E-state index contributed by atoms with van der Waals surface area (Å²) in [6.07, 6.45) is 0. The normalized spacial score (nSPS) is 14.9. The Morgan fingerprint density at radius 1 is 1.50 bits per heavy atom. The maximum absolute atomic E-state index is 5.72. The molecule has 2 heterocycles. The van der Waals surface area contributed by atoms with E-state index in [-0.39, 0.29) is 0 Å². The zero-order chi connectivity index (χ0) is 10.1. The van der Waals surface area contributed by atoms with Gasteiger partial charge in [-0.25, -0.2) is 9.97 Å². The maximum atomic E-state index is 5.72. The number of nitrogens with two attached hydrogens (primary N) is 1. The summed E-state index contributed by atoms with van der Waals surface area (Å²) in [4.78, 5) is 12.6. The summed E-state index contributed by atoms with van der Waals surface area (Å²) in [5, 5.41) is 0.851. The van der Waals surface area contributed by atoms with Gasteiger partial charge in [0.1, 0.15) is 10.7 Å². The van der Waals surface area contributed by atoms with Crippen LogP contribution in [0.15, 0.2) is 10.0 Å². The van der Waals surface area contributed by atoms with Crippen LogP contribution in [0.1, 0.15) is 5.69 Å². The van der Waals surface area contributed by atoms with E-state index in [2.05, 4.69) is 15.0 Å². The highest BCUT2D eigenvalue weighted by molar-refractivity contribution is 8.00. The number of nitrogen functional groups attached to an aromatic ring is 1. The van der Waals surface area contributed by atoms with Gasteiger partial charge in [-0.3, -0.25) is 4.99 Å². The van der Waals surface area contributed by atoms with E-state index < -0.39 is 0 Å². The number of hydrogen-bond donors (Lipinski definition) is 1. The van der Waals surface area contributed by atoms with Gasteiger partial charge in [-0.15, -0.1) is 11.6 Å². The summed E-state index contributed by atoms with van der Waals surface area (Å²) in [6, 6.07) is 0. The average Bonchev–Trinajstić information content (AvgIpc) is 2.17. The number of alkyl halides is 1. The van der Waals surface area contributed by atoms with Crippen molar-refractivity contribution in [3.63, 3.8) is 0 Å². The first-order chi connectivity index (χ1) is 6.70. The Kier molecular flexibility index (Phi) is 2.60. The molecule has 0 fully saturated rings. The molecule has 1 aliphatic heterocycles. The largest absolute Gasteiger partial charge is 0.368 e. The zero-order valence-electron chi connectivity index (χ0n) is 7.62. The third-order valence-corrected chi connectivity index (χ3v) is 3.19. The van der Waals surface area contributed by atoms with Crippen LogP contribution < -0.4 is 5.73 Å². The van der Waals surface area contributed by atoms with Crippen molar-refractivity contribution < 1.29 is 0 Å². The van der Waals surface area contributed by atoms with Gasteiger partial charge in [-0.2, -0.15) is 0 Å². The van der Waals surface area contributed by atoms with Gasteiger partial charge in [0.25, 0.3) is 0 Å². The van der Waals surface area contributed by atoms with Crippen LogP contribution in [0.5, 0.6) is 0 Å². The van der Waals surface area contributed by atoms with E-state index in [1.54, 1.807) is 11.8 Å². The van der Waals surface area contributed by atoms with Crippen molar-refractivity contribution >= 4 is 40.7 Å². The number of rotatable bonds is 1. The molecule has 0 bridgehead atoms. The molecule has 4 nitrogen and oxygen atoms in total. The summed E-state index contributed by atoms with van der Waals surface area (Å²) in [5.74, 6) is 1.54. The predicted octanol–water partition coefficient (Wildman–Crippen LogP) is 1.78. The summed E-state index contributed by atoms with van der Waals surface area (Å²) in [7, 11) is 0. The van der Waals surface area contributed by atoms with Crippen molar-refractivity contribution in [2.24, 2.45) is 4.99 Å². The lowest BCUT2D eigenvalue weighted by atomic mass is 10.3. The van der Waals surface area contributed by atoms with E-state index in [1.165, 1.54) is 0 Å². The number of thioether (sulfide) groups is 1. The number of hydrogen-bond acceptors (Lipinski definition) is 5. The second kappa shape index (κ2) is 3.74. The van der Waals surface area contributed by atoms with Crippen molar-refractivity contribution in [1.82, 2.24) is 9.97 Å². The molecule has 0 unspecified atom stereocenters. The van der Waals surface area contributed by atoms with Crippen molar-refractivity contribution in [3.8, 4) is 0 Å². The van der Waals surface area contributed by atoms with Crippen LogP contribution in [0, 0.1) is 6.92 Å². The number of anilines is 1. The van der Waals surface area contributed by atoms with E-state index >= 15 is 0 Å². The summed E-state index contributed by atoms with van der Waals surface area (Å²) in [5.41, 5.74) is 8.12. The minimum absolute atomic E-state index is 0.304. The molecule has 1 aromatic rings. The third kappa shape index (κ3) is 1.69. The second-order valence-corrected chi connectivity index (χ2v) is 4.15. The second-order valence-electron chi connectivity index (χ2n) is 2.92. The molecule has 0 aromatic carbocycles. The highest BCUT2D eigenvalue weighted by Crippen LogP contribution is 2.34. The third-order valence-electron chi connectivity index (χ3n) is 1.84. The fourth-order valence-electron chi connectivity index (χ4n) is 1.20. The van der Waals surface area contributed by atoms with E-state index in [0.29, 0.717) is 11.8 Å². The van der Waals surface area contributed by atoms with E-state index in [0.717, 1.165) is 27.9 Å². The first-order valence-electron chi connectivity index (χ1n) is 4.10. The lowest BCUT2D eigenvalue weighted by Gasteiger charge is -2.14. The van der Waals surface area contributed by atoms with Crippen molar-refractivity contribution in [1.29, 1.82) is 0 Å². The van der Waals surface area contributed by atoms with Crippen LogP contribution in [0.25, 0.3) is 0 Å². The highest BCUT2D eigenvalue weighted by Gasteiger charge is 2.16. The molecular formula is C8H9ClN4S. The van der Waals surface area contributed by atoms with Gasteiger partial charge in [0.2, 0.25) is 5.95 Å². The van der Waals surface area contributed by atoms with E-state index in [4.69, 9.17) is 17.3 Å². The first-order valence-corrected chi connectivity index (χ1v) is 5.62. The minimum Gasteiger partial charge on any atom is -0.368 e. The summed E-state index contributed by atoms with van der Waals surface area (Å²) >= 11 is 7.32. The fraction of sp³-hybridized carbons (Fsp3) is 0.375. The molecule has 1 aromatic heterocycles. The average molecular weight is 229 g/mol. The topological polar surface area (TPSA) is 64.2 Å². The molecule has 2 N–H and O–H groups in total. The van der Waals surface area contributed by atoms with Gasteiger partial charge in [-0.1, -0.05) is 11.8 Å². The lowest BCUT2D eigenvalue weighted by Crippen LogP contribution is -2.10. The van der Waals surface area contributed by atoms with Crippen molar-refractivity contribution in [2.75, 3.05) is 17.4 Å². The molecule has 0 radical (unpaired) electrons. The monoisotopic (exact) mass is 228 g/mol. The quantitative estimate of drug-likeness (QED) is 0.588. The Bertz CT molecular complexity index is 405. The number of fused-ring (bicyclic) bond motifs is 1. The molecule has 0 aliphatic carbocycles. The number of halogens is 1. The molecule has 0 saturated carbocycles. The maximum Gasteiger partial charge on any atom is 0.221 e. The van der Waals surface area contributed by atoms with Gasteiger partial charge in [0.05, 0.1) is 11.6 Å². The molecule has 6 heteroatoms. The number of aryl methyl sites for hydroxylation is 1. The highest BCUT2D eigenvalue weighted by atomic mass is 35.5. The standard InChI is InChI=1S/C8H9ClN4S/c1-4-6-7(13-8(10)11-4)14-3-5(2-9)12-6/h2-3H2,1H3,(H2,10,11,13). The van der Waals surface area contributed by atoms with E-state index in [9.17, 15) is 0 Å². The van der Waals surface area contributed by atoms with Gasteiger partial charge < -0.3 is 5.73 Å². The Labute approximate surface area is 91.0 Å². The Balaban J connectivity index is 2.52. The molecule has 14 heavy (non-hydrogen) atoms. The Morgan fingerprint density at radius 3 is 3.00 bits per heavy atom.